The molecule has 36 heavy (non-hydrogen) atoms. The van der Waals surface area contributed by atoms with Gasteiger partial charge in [-0.3, -0.25) is 4.79 Å². The number of benzene rings is 3. The molecule has 2 unspecified atom stereocenters. The number of nitrogens with zero attached hydrogens (tertiary/aromatic N) is 1. The van der Waals surface area contributed by atoms with Crippen molar-refractivity contribution in [3.05, 3.63) is 83.7 Å². The van der Waals surface area contributed by atoms with Crippen molar-refractivity contribution in [1.82, 2.24) is 9.97 Å². The van der Waals surface area contributed by atoms with E-state index in [0.29, 0.717) is 5.56 Å². The molecule has 1 fully saturated rings. The lowest BCUT2D eigenvalue weighted by molar-refractivity contribution is -0.290. The van der Waals surface area contributed by atoms with Crippen LogP contribution in [0.2, 0.25) is 0 Å². The van der Waals surface area contributed by atoms with Crippen LogP contribution < -0.4 is 4.74 Å². The molecule has 186 valence electrons. The van der Waals surface area contributed by atoms with E-state index in [2.05, 4.69) is 9.72 Å². The first-order valence-electron chi connectivity index (χ1n) is 11.3. The number of ether oxygens (including phenoxy) is 1. The third kappa shape index (κ3) is 4.57. The third-order valence-corrected chi connectivity index (χ3v) is 6.40. The van der Waals surface area contributed by atoms with Crippen LogP contribution in [0.5, 0.6) is 5.75 Å². The smallest absolute Gasteiger partial charge is 0.456 e. The Morgan fingerprint density at radius 3 is 2.42 bits per heavy atom. The molecule has 0 saturated heterocycles. The van der Waals surface area contributed by atoms with E-state index >= 15 is 0 Å². The molecule has 1 heterocycles. The number of aromatic amines is 1. The second kappa shape index (κ2) is 8.72. The standard InChI is InChI=1S/C27H21F5N2O2/c1-15(35)19-4-2-3-5-20(19)17-8-11-23-24(12-17)34-25(33-23)22-13-21(22)16-6-9-18(10-7-16)36-14-26(28,29)27(30,31)32/h2-12,21-22H,13-14H2,1H3,(H,33,34). The number of carbonyl (C=O) groups is 1. The van der Waals surface area contributed by atoms with Gasteiger partial charge >= 0.3 is 12.1 Å². The van der Waals surface area contributed by atoms with Crippen molar-refractivity contribution >= 4 is 16.8 Å². The maximum Gasteiger partial charge on any atom is 0.456 e. The number of fused-ring (bicyclic) bond motifs is 1. The molecule has 2 atom stereocenters. The SMILES string of the molecule is CC(=O)c1ccccc1-c1ccc2[nH]c(C3CC3c3ccc(OCC(F)(F)C(F)(F)F)cc3)nc2c1. The molecule has 4 nitrogen and oxygen atoms in total. The van der Waals surface area contributed by atoms with Crippen LogP contribution in [0.15, 0.2) is 66.7 Å². The maximum absolute atomic E-state index is 13.1. The van der Waals surface area contributed by atoms with E-state index in [0.717, 1.165) is 40.0 Å². The van der Waals surface area contributed by atoms with Gasteiger partial charge in [-0.25, -0.2) is 4.98 Å². The quantitative estimate of drug-likeness (QED) is 0.214. The van der Waals surface area contributed by atoms with Crippen LogP contribution in [-0.2, 0) is 0 Å². The van der Waals surface area contributed by atoms with Gasteiger partial charge in [-0.15, -0.1) is 0 Å². The lowest BCUT2D eigenvalue weighted by Crippen LogP contribution is -2.41. The van der Waals surface area contributed by atoms with Gasteiger partial charge in [-0.1, -0.05) is 42.5 Å². The Balaban J connectivity index is 1.29. The average Bonchev–Trinajstić information content (AvgIpc) is 3.53. The van der Waals surface area contributed by atoms with Crippen molar-refractivity contribution in [3.63, 3.8) is 0 Å². The summed E-state index contributed by atoms with van der Waals surface area (Å²) in [7, 11) is 0. The van der Waals surface area contributed by atoms with Crippen LogP contribution in [0.1, 0.15) is 46.9 Å². The molecule has 3 aromatic carbocycles. The van der Waals surface area contributed by atoms with Gasteiger partial charge < -0.3 is 9.72 Å². The number of rotatable bonds is 7. The predicted molar refractivity (Wildman–Crippen MR) is 125 cm³/mol. The summed E-state index contributed by atoms with van der Waals surface area (Å²) < 4.78 is 67.7. The molecule has 0 aliphatic heterocycles. The van der Waals surface area contributed by atoms with Crippen molar-refractivity contribution in [1.29, 1.82) is 0 Å². The zero-order valence-electron chi connectivity index (χ0n) is 19.1. The van der Waals surface area contributed by atoms with Gasteiger partial charge in [0.15, 0.2) is 12.4 Å². The van der Waals surface area contributed by atoms with Gasteiger partial charge in [0.2, 0.25) is 0 Å². The van der Waals surface area contributed by atoms with E-state index in [1.807, 2.05) is 36.4 Å². The number of nitrogens with one attached hydrogen (secondary N) is 1. The van der Waals surface area contributed by atoms with E-state index in [4.69, 9.17) is 4.98 Å². The van der Waals surface area contributed by atoms with Crippen LogP contribution in [0.3, 0.4) is 0 Å². The first-order chi connectivity index (χ1) is 17.0. The van der Waals surface area contributed by atoms with E-state index in [1.165, 1.54) is 19.1 Å². The Hall–Kier alpha value is -3.75. The predicted octanol–water partition coefficient (Wildman–Crippen LogP) is 7.28. The van der Waals surface area contributed by atoms with E-state index < -0.39 is 18.7 Å². The summed E-state index contributed by atoms with van der Waals surface area (Å²) in [5, 5.41) is 0. The Labute approximate surface area is 203 Å². The highest BCUT2D eigenvalue weighted by Crippen LogP contribution is 2.54. The van der Waals surface area contributed by atoms with Crippen molar-refractivity contribution in [3.8, 4) is 16.9 Å². The van der Waals surface area contributed by atoms with Crippen molar-refractivity contribution in [2.75, 3.05) is 6.61 Å². The second-order valence-corrected chi connectivity index (χ2v) is 8.96. The summed E-state index contributed by atoms with van der Waals surface area (Å²) in [4.78, 5) is 20.1. The number of alkyl halides is 5. The molecular weight excluding hydrogens is 479 g/mol. The topological polar surface area (TPSA) is 55.0 Å². The minimum atomic E-state index is -5.65. The van der Waals surface area contributed by atoms with Crippen LogP contribution in [0.4, 0.5) is 22.0 Å². The Bertz CT molecular complexity index is 1430. The highest BCUT2D eigenvalue weighted by molar-refractivity contribution is 6.01. The number of ketones is 1. The average molecular weight is 500 g/mol. The molecule has 0 radical (unpaired) electrons. The van der Waals surface area contributed by atoms with Crippen molar-refractivity contribution in [2.24, 2.45) is 0 Å². The van der Waals surface area contributed by atoms with Crippen LogP contribution in [0.25, 0.3) is 22.2 Å². The summed E-state index contributed by atoms with van der Waals surface area (Å²) in [6.07, 6.45) is -4.83. The largest absolute Gasteiger partial charge is 0.487 e. The lowest BCUT2D eigenvalue weighted by atomic mass is 9.97. The summed E-state index contributed by atoms with van der Waals surface area (Å²) in [5.41, 5.74) is 4.95. The van der Waals surface area contributed by atoms with Gasteiger partial charge in [0.25, 0.3) is 0 Å². The van der Waals surface area contributed by atoms with Gasteiger partial charge in [-0.05, 0) is 60.2 Å². The van der Waals surface area contributed by atoms with E-state index in [-0.39, 0.29) is 23.4 Å². The van der Waals surface area contributed by atoms with E-state index in [9.17, 15) is 26.7 Å². The molecule has 9 heteroatoms. The Kier molecular flexibility index (Phi) is 5.81. The molecule has 0 amide bonds. The molecule has 5 rings (SSSR count). The van der Waals surface area contributed by atoms with Crippen LogP contribution >= 0.6 is 0 Å². The number of hydrogen-bond acceptors (Lipinski definition) is 3. The fraction of sp³-hybridized carbons (Fsp3) is 0.259. The molecule has 1 N–H and O–H groups in total. The number of H-pyrrole nitrogens is 1. The highest BCUT2D eigenvalue weighted by Gasteiger charge is 2.58. The van der Waals surface area contributed by atoms with Gasteiger partial charge in [0.05, 0.1) is 11.0 Å². The summed E-state index contributed by atoms with van der Waals surface area (Å²) in [6.45, 7) is -0.229. The zero-order chi connectivity index (χ0) is 25.7. The van der Waals surface area contributed by atoms with Gasteiger partial charge in [0.1, 0.15) is 11.6 Å². The Morgan fingerprint density at radius 2 is 1.72 bits per heavy atom. The zero-order valence-corrected chi connectivity index (χ0v) is 19.1. The molecular formula is C27H21F5N2O2. The van der Waals surface area contributed by atoms with Crippen molar-refractivity contribution < 1.29 is 31.5 Å². The summed E-state index contributed by atoms with van der Waals surface area (Å²) in [6, 6.07) is 19.4. The van der Waals surface area contributed by atoms with Crippen LogP contribution in [0, 0.1) is 0 Å². The fourth-order valence-electron chi connectivity index (χ4n) is 4.34. The minimum Gasteiger partial charge on any atom is -0.487 e. The number of aromatic nitrogens is 2. The normalized spacial score (nSPS) is 17.8. The highest BCUT2D eigenvalue weighted by atomic mass is 19.4. The number of imidazole rings is 1. The first kappa shape index (κ1) is 24.0. The monoisotopic (exact) mass is 500 g/mol. The first-order valence-corrected chi connectivity index (χ1v) is 11.3. The number of hydrogen-bond donors (Lipinski definition) is 1. The van der Waals surface area contributed by atoms with Crippen LogP contribution in [-0.4, -0.2) is 34.5 Å². The second-order valence-electron chi connectivity index (χ2n) is 8.96. The Morgan fingerprint density at radius 1 is 1.00 bits per heavy atom. The number of Topliss-reactive ketones (excluding diaryl/α,β-unsaturated/α-hetero) is 1. The minimum absolute atomic E-state index is 0.0141. The summed E-state index contributed by atoms with van der Waals surface area (Å²) >= 11 is 0. The number of carbonyl (C=O) groups excluding carboxylic acids is 1. The third-order valence-electron chi connectivity index (χ3n) is 6.40. The maximum atomic E-state index is 13.1. The molecule has 1 saturated carbocycles. The van der Waals surface area contributed by atoms with Gasteiger partial charge in [-0.2, -0.15) is 22.0 Å². The molecule has 1 aliphatic rings. The van der Waals surface area contributed by atoms with E-state index in [1.54, 1.807) is 18.2 Å². The van der Waals surface area contributed by atoms with Gasteiger partial charge in [0, 0.05) is 11.5 Å². The molecule has 0 spiro atoms. The molecule has 1 aromatic heterocycles. The molecule has 0 bridgehead atoms. The van der Waals surface area contributed by atoms with Crippen molar-refractivity contribution in [2.45, 2.75) is 37.3 Å². The fourth-order valence-corrected chi connectivity index (χ4v) is 4.34. The number of halogens is 5. The lowest BCUT2D eigenvalue weighted by Gasteiger charge is -2.19. The molecule has 4 aromatic rings. The molecule has 1 aliphatic carbocycles. The summed E-state index contributed by atoms with van der Waals surface area (Å²) in [5.74, 6) is -3.89.